The molecule has 6 heteroatoms. The standard InChI is InChI=1S/C10H8BrF3O2/c1-2-16-8-4-3-6(5-7(8)11)9(15)10(12,13)14/h3-5H,2H2,1H3. The number of ketones is 1. The van der Waals surface area contributed by atoms with Gasteiger partial charge in [0.25, 0.3) is 5.78 Å². The highest BCUT2D eigenvalue weighted by Crippen LogP contribution is 2.29. The molecule has 16 heavy (non-hydrogen) atoms. The maximum absolute atomic E-state index is 12.1. The van der Waals surface area contributed by atoms with Crippen molar-refractivity contribution >= 4 is 21.7 Å². The molecule has 0 aliphatic carbocycles. The van der Waals surface area contributed by atoms with Crippen LogP contribution in [-0.4, -0.2) is 18.6 Å². The normalized spacial score (nSPS) is 11.3. The van der Waals surface area contributed by atoms with Crippen molar-refractivity contribution < 1.29 is 22.7 Å². The van der Waals surface area contributed by atoms with Crippen molar-refractivity contribution in [2.45, 2.75) is 13.1 Å². The van der Waals surface area contributed by atoms with Gasteiger partial charge in [0, 0.05) is 5.56 Å². The molecule has 0 N–H and O–H groups in total. The van der Waals surface area contributed by atoms with Crippen LogP contribution >= 0.6 is 15.9 Å². The van der Waals surface area contributed by atoms with E-state index in [0.29, 0.717) is 16.8 Å². The first kappa shape index (κ1) is 13.0. The summed E-state index contributed by atoms with van der Waals surface area (Å²) in [7, 11) is 0. The average molecular weight is 297 g/mol. The summed E-state index contributed by atoms with van der Waals surface area (Å²) in [5, 5.41) is 0. The van der Waals surface area contributed by atoms with E-state index in [0.717, 1.165) is 12.1 Å². The lowest BCUT2D eigenvalue weighted by atomic mass is 10.1. The molecule has 2 nitrogen and oxygen atoms in total. The van der Waals surface area contributed by atoms with Crippen molar-refractivity contribution in [3.05, 3.63) is 28.2 Å². The first-order valence-corrected chi connectivity index (χ1v) is 5.19. The topological polar surface area (TPSA) is 26.3 Å². The molecule has 1 aromatic rings. The second-order valence-corrected chi connectivity index (χ2v) is 3.76. The van der Waals surface area contributed by atoms with Crippen LogP contribution in [0.3, 0.4) is 0 Å². The molecular formula is C10H8BrF3O2. The van der Waals surface area contributed by atoms with Gasteiger partial charge in [-0.25, -0.2) is 0 Å². The van der Waals surface area contributed by atoms with E-state index in [-0.39, 0.29) is 0 Å². The Bertz CT molecular complexity index is 402. The van der Waals surface area contributed by atoms with Gasteiger partial charge in [-0.2, -0.15) is 13.2 Å². The largest absolute Gasteiger partial charge is 0.493 e. The van der Waals surface area contributed by atoms with E-state index in [2.05, 4.69) is 15.9 Å². The zero-order valence-electron chi connectivity index (χ0n) is 8.27. The smallest absolute Gasteiger partial charge is 0.454 e. The summed E-state index contributed by atoms with van der Waals surface area (Å²) in [5.41, 5.74) is -0.414. The highest BCUT2D eigenvalue weighted by Gasteiger charge is 2.39. The number of rotatable bonds is 3. The van der Waals surface area contributed by atoms with E-state index in [9.17, 15) is 18.0 Å². The zero-order chi connectivity index (χ0) is 12.3. The number of carbonyl (C=O) groups is 1. The first-order chi connectivity index (χ1) is 7.36. The van der Waals surface area contributed by atoms with Gasteiger partial charge in [0.15, 0.2) is 0 Å². The van der Waals surface area contributed by atoms with Gasteiger partial charge in [0.2, 0.25) is 0 Å². The van der Waals surface area contributed by atoms with Gasteiger partial charge < -0.3 is 4.74 Å². The van der Waals surface area contributed by atoms with Crippen LogP contribution in [0.5, 0.6) is 5.75 Å². The Balaban J connectivity index is 3.02. The number of halogens is 4. The molecule has 0 heterocycles. The third-order valence-electron chi connectivity index (χ3n) is 1.75. The van der Waals surface area contributed by atoms with Crippen molar-refractivity contribution in [3.8, 4) is 5.75 Å². The molecule has 1 aromatic carbocycles. The molecule has 0 radical (unpaired) electrons. The minimum Gasteiger partial charge on any atom is -0.493 e. The molecule has 0 unspecified atom stereocenters. The summed E-state index contributed by atoms with van der Waals surface area (Å²) >= 11 is 3.04. The Hall–Kier alpha value is -1.04. The van der Waals surface area contributed by atoms with Crippen LogP contribution in [0.4, 0.5) is 13.2 Å². The first-order valence-electron chi connectivity index (χ1n) is 4.40. The van der Waals surface area contributed by atoms with Gasteiger partial charge >= 0.3 is 6.18 Å². The number of carbonyl (C=O) groups excluding carboxylic acids is 1. The van der Waals surface area contributed by atoms with Crippen LogP contribution in [0.15, 0.2) is 22.7 Å². The van der Waals surface area contributed by atoms with E-state index in [1.807, 2.05) is 0 Å². The van der Waals surface area contributed by atoms with Crippen LogP contribution in [0.2, 0.25) is 0 Å². The van der Waals surface area contributed by atoms with Gasteiger partial charge in [0.1, 0.15) is 5.75 Å². The number of alkyl halides is 3. The molecular weight excluding hydrogens is 289 g/mol. The molecule has 0 saturated heterocycles. The number of ether oxygens (including phenoxy) is 1. The molecule has 0 aromatic heterocycles. The van der Waals surface area contributed by atoms with Gasteiger partial charge in [0.05, 0.1) is 11.1 Å². The number of hydrogen-bond acceptors (Lipinski definition) is 2. The Morgan fingerprint density at radius 3 is 2.50 bits per heavy atom. The van der Waals surface area contributed by atoms with E-state index in [1.165, 1.54) is 6.07 Å². The summed E-state index contributed by atoms with van der Waals surface area (Å²) < 4.78 is 41.8. The lowest BCUT2D eigenvalue weighted by Gasteiger charge is -2.08. The van der Waals surface area contributed by atoms with Crippen LogP contribution in [0.1, 0.15) is 17.3 Å². The third-order valence-corrected chi connectivity index (χ3v) is 2.37. The molecule has 0 aliphatic rings. The molecule has 0 aliphatic heterocycles. The highest BCUT2D eigenvalue weighted by molar-refractivity contribution is 9.10. The van der Waals surface area contributed by atoms with Crippen LogP contribution in [0, 0.1) is 0 Å². The maximum Gasteiger partial charge on any atom is 0.454 e. The SMILES string of the molecule is CCOc1ccc(C(=O)C(F)(F)F)cc1Br. The predicted molar refractivity (Wildman–Crippen MR) is 55.7 cm³/mol. The Morgan fingerprint density at radius 2 is 2.06 bits per heavy atom. The zero-order valence-corrected chi connectivity index (χ0v) is 9.85. The minimum atomic E-state index is -4.85. The minimum absolute atomic E-state index is 0.324. The molecule has 0 fully saturated rings. The summed E-state index contributed by atoms with van der Waals surface area (Å²) in [6, 6.07) is 3.51. The Kier molecular flexibility index (Phi) is 3.96. The van der Waals surface area contributed by atoms with Crippen molar-refractivity contribution in [3.63, 3.8) is 0 Å². The van der Waals surface area contributed by atoms with Gasteiger partial charge in [-0.1, -0.05) is 0 Å². The number of Topliss-reactive ketones (excluding diaryl/α,β-unsaturated/α-hetero) is 1. The van der Waals surface area contributed by atoms with E-state index >= 15 is 0 Å². The summed E-state index contributed by atoms with van der Waals surface area (Å²) in [5.74, 6) is -1.46. The average Bonchev–Trinajstić information content (AvgIpc) is 2.19. The Morgan fingerprint density at radius 1 is 1.44 bits per heavy atom. The molecule has 88 valence electrons. The van der Waals surface area contributed by atoms with Gasteiger partial charge in [-0.15, -0.1) is 0 Å². The van der Waals surface area contributed by atoms with Crippen molar-refractivity contribution in [1.29, 1.82) is 0 Å². The molecule has 0 saturated carbocycles. The quantitative estimate of drug-likeness (QED) is 0.797. The molecule has 0 atom stereocenters. The lowest BCUT2D eigenvalue weighted by molar-refractivity contribution is -0.0885. The fourth-order valence-electron chi connectivity index (χ4n) is 1.08. The molecule has 0 spiro atoms. The van der Waals surface area contributed by atoms with Gasteiger partial charge in [-0.3, -0.25) is 4.79 Å². The monoisotopic (exact) mass is 296 g/mol. The van der Waals surface area contributed by atoms with Gasteiger partial charge in [-0.05, 0) is 41.1 Å². The maximum atomic E-state index is 12.1. The van der Waals surface area contributed by atoms with Crippen LogP contribution < -0.4 is 4.74 Å². The van der Waals surface area contributed by atoms with Crippen molar-refractivity contribution in [2.75, 3.05) is 6.61 Å². The fourth-order valence-corrected chi connectivity index (χ4v) is 1.57. The van der Waals surface area contributed by atoms with E-state index in [4.69, 9.17) is 4.74 Å². The second-order valence-electron chi connectivity index (χ2n) is 2.91. The fraction of sp³-hybridized carbons (Fsp3) is 0.300. The summed E-state index contributed by atoms with van der Waals surface area (Å²) in [6.45, 7) is 2.15. The summed E-state index contributed by atoms with van der Waals surface area (Å²) in [4.78, 5) is 10.9. The summed E-state index contributed by atoms with van der Waals surface area (Å²) in [6.07, 6.45) is -4.85. The molecule has 1 rings (SSSR count). The molecule has 0 amide bonds. The van der Waals surface area contributed by atoms with Crippen molar-refractivity contribution in [2.24, 2.45) is 0 Å². The van der Waals surface area contributed by atoms with Crippen LogP contribution in [0.25, 0.3) is 0 Å². The number of benzene rings is 1. The second kappa shape index (κ2) is 4.86. The van der Waals surface area contributed by atoms with E-state index in [1.54, 1.807) is 6.92 Å². The highest BCUT2D eigenvalue weighted by atomic mass is 79.9. The third kappa shape index (κ3) is 2.98. The Labute approximate surface area is 98.5 Å². The van der Waals surface area contributed by atoms with Crippen molar-refractivity contribution in [1.82, 2.24) is 0 Å². The number of hydrogen-bond donors (Lipinski definition) is 0. The predicted octanol–water partition coefficient (Wildman–Crippen LogP) is 3.59. The molecule has 0 bridgehead atoms. The van der Waals surface area contributed by atoms with Crippen LogP contribution in [-0.2, 0) is 0 Å². The van der Waals surface area contributed by atoms with E-state index < -0.39 is 17.5 Å². The lowest BCUT2D eigenvalue weighted by Crippen LogP contribution is -2.22.